The number of H-pyrrole nitrogens is 1. The van der Waals surface area contributed by atoms with E-state index in [9.17, 15) is 14.0 Å². The van der Waals surface area contributed by atoms with Gasteiger partial charge in [-0.2, -0.15) is 0 Å². The zero-order valence-electron chi connectivity index (χ0n) is 15.6. The number of rotatable bonds is 3. The molecule has 1 N–H and O–H groups in total. The number of anilines is 2. The minimum absolute atomic E-state index is 0.245. The van der Waals surface area contributed by atoms with Crippen molar-refractivity contribution in [3.05, 3.63) is 86.8 Å². The van der Waals surface area contributed by atoms with Crippen LogP contribution in [0.4, 0.5) is 15.9 Å². The molecular weight excluding hydrogens is 359 g/mol. The van der Waals surface area contributed by atoms with E-state index >= 15 is 0 Å². The SMILES string of the molecule is Cc1ccc(-n2c(=O)cc(N3CCN(c4ccccc4F)CC3)[nH]c2=O)cc1. The first kappa shape index (κ1) is 18.0. The summed E-state index contributed by atoms with van der Waals surface area (Å²) in [6.07, 6.45) is 0. The van der Waals surface area contributed by atoms with Crippen molar-refractivity contribution in [1.29, 1.82) is 0 Å². The normalized spacial score (nSPS) is 14.4. The first-order valence-corrected chi connectivity index (χ1v) is 9.21. The molecule has 28 heavy (non-hydrogen) atoms. The van der Waals surface area contributed by atoms with Crippen LogP contribution in [0.1, 0.15) is 5.56 Å². The quantitative estimate of drug-likeness (QED) is 0.758. The molecule has 0 amide bonds. The summed E-state index contributed by atoms with van der Waals surface area (Å²) in [7, 11) is 0. The van der Waals surface area contributed by atoms with Gasteiger partial charge in [0.2, 0.25) is 0 Å². The third kappa shape index (κ3) is 3.43. The molecule has 2 heterocycles. The van der Waals surface area contributed by atoms with E-state index in [2.05, 4.69) is 4.98 Å². The summed E-state index contributed by atoms with van der Waals surface area (Å²) in [6, 6.07) is 15.3. The van der Waals surface area contributed by atoms with Gasteiger partial charge in [-0.05, 0) is 31.2 Å². The van der Waals surface area contributed by atoms with Gasteiger partial charge in [0.1, 0.15) is 11.6 Å². The second-order valence-corrected chi connectivity index (χ2v) is 6.89. The molecule has 1 saturated heterocycles. The van der Waals surface area contributed by atoms with Gasteiger partial charge in [-0.15, -0.1) is 0 Å². The summed E-state index contributed by atoms with van der Waals surface area (Å²) in [4.78, 5) is 31.8. The van der Waals surface area contributed by atoms with E-state index in [4.69, 9.17) is 0 Å². The lowest BCUT2D eigenvalue weighted by Gasteiger charge is -2.37. The Morgan fingerprint density at radius 1 is 0.893 bits per heavy atom. The Hall–Kier alpha value is -3.35. The predicted octanol–water partition coefficient (Wildman–Crippen LogP) is 2.30. The molecule has 2 aromatic carbocycles. The molecule has 1 aromatic heterocycles. The maximum absolute atomic E-state index is 14.0. The lowest BCUT2D eigenvalue weighted by atomic mass is 10.2. The number of nitrogens with zero attached hydrogens (tertiary/aromatic N) is 3. The maximum atomic E-state index is 14.0. The number of piperazine rings is 1. The molecule has 1 fully saturated rings. The number of halogens is 1. The van der Waals surface area contributed by atoms with Crippen LogP contribution in [-0.2, 0) is 0 Å². The molecule has 4 rings (SSSR count). The van der Waals surface area contributed by atoms with Gasteiger partial charge >= 0.3 is 5.69 Å². The number of hydrogen-bond donors (Lipinski definition) is 1. The van der Waals surface area contributed by atoms with Crippen molar-refractivity contribution in [1.82, 2.24) is 9.55 Å². The minimum atomic E-state index is -0.470. The molecule has 144 valence electrons. The molecule has 7 heteroatoms. The summed E-state index contributed by atoms with van der Waals surface area (Å²) < 4.78 is 15.1. The highest BCUT2D eigenvalue weighted by Crippen LogP contribution is 2.21. The standard InChI is InChI=1S/C21H21FN4O2/c1-15-6-8-16(9-7-15)26-20(27)14-19(23-21(26)28)25-12-10-24(11-13-25)18-5-3-2-4-17(18)22/h2-9,14H,10-13H2,1H3,(H,23,28). The van der Waals surface area contributed by atoms with E-state index in [-0.39, 0.29) is 11.4 Å². The monoisotopic (exact) mass is 380 g/mol. The van der Waals surface area contributed by atoms with Crippen LogP contribution >= 0.6 is 0 Å². The Morgan fingerprint density at radius 3 is 2.18 bits per heavy atom. The van der Waals surface area contributed by atoms with Crippen molar-refractivity contribution in [2.45, 2.75) is 6.92 Å². The van der Waals surface area contributed by atoms with E-state index in [0.717, 1.165) is 10.1 Å². The largest absolute Gasteiger partial charge is 0.366 e. The topological polar surface area (TPSA) is 61.3 Å². The number of aromatic amines is 1. The fourth-order valence-electron chi connectivity index (χ4n) is 3.49. The van der Waals surface area contributed by atoms with E-state index in [1.165, 1.54) is 12.1 Å². The van der Waals surface area contributed by atoms with Crippen LogP contribution in [-0.4, -0.2) is 35.7 Å². The second kappa shape index (κ2) is 7.34. The molecular formula is C21H21FN4O2. The average Bonchev–Trinajstić information content (AvgIpc) is 2.69. The Balaban J connectivity index is 1.55. The van der Waals surface area contributed by atoms with Crippen molar-refractivity contribution in [2.24, 2.45) is 0 Å². The van der Waals surface area contributed by atoms with Gasteiger partial charge in [0.05, 0.1) is 11.4 Å². The second-order valence-electron chi connectivity index (χ2n) is 6.89. The highest BCUT2D eigenvalue weighted by molar-refractivity contribution is 5.50. The maximum Gasteiger partial charge on any atom is 0.334 e. The van der Waals surface area contributed by atoms with Gasteiger partial charge in [-0.3, -0.25) is 9.78 Å². The lowest BCUT2D eigenvalue weighted by molar-refractivity contribution is 0.595. The fraction of sp³-hybridized carbons (Fsp3) is 0.238. The number of para-hydroxylation sites is 1. The first-order valence-electron chi connectivity index (χ1n) is 9.21. The van der Waals surface area contributed by atoms with Crippen LogP contribution in [0.3, 0.4) is 0 Å². The summed E-state index contributed by atoms with van der Waals surface area (Å²) in [5.41, 5.74) is 1.32. The van der Waals surface area contributed by atoms with Crippen LogP contribution < -0.4 is 21.0 Å². The summed E-state index contributed by atoms with van der Waals surface area (Å²) in [5, 5.41) is 0. The molecule has 1 aliphatic heterocycles. The molecule has 0 spiro atoms. The van der Waals surface area contributed by atoms with Crippen LogP contribution in [0.5, 0.6) is 0 Å². The molecule has 0 saturated carbocycles. The average molecular weight is 380 g/mol. The number of benzene rings is 2. The zero-order chi connectivity index (χ0) is 19.7. The Bertz CT molecular complexity index is 1070. The Morgan fingerprint density at radius 2 is 1.54 bits per heavy atom. The summed E-state index contributed by atoms with van der Waals surface area (Å²) >= 11 is 0. The van der Waals surface area contributed by atoms with Crippen LogP contribution in [0, 0.1) is 12.7 Å². The predicted molar refractivity (Wildman–Crippen MR) is 108 cm³/mol. The molecule has 6 nitrogen and oxygen atoms in total. The Kier molecular flexibility index (Phi) is 4.73. The van der Waals surface area contributed by atoms with Gasteiger partial charge in [-0.25, -0.2) is 13.8 Å². The van der Waals surface area contributed by atoms with E-state index in [0.29, 0.717) is 43.4 Å². The molecule has 0 bridgehead atoms. The number of aryl methyl sites for hydroxylation is 1. The third-order valence-electron chi connectivity index (χ3n) is 5.02. The highest BCUT2D eigenvalue weighted by atomic mass is 19.1. The molecule has 0 unspecified atom stereocenters. The smallest absolute Gasteiger partial charge is 0.334 e. The Labute approximate surface area is 161 Å². The van der Waals surface area contributed by atoms with Gasteiger partial charge in [0, 0.05) is 32.2 Å². The highest BCUT2D eigenvalue weighted by Gasteiger charge is 2.21. The molecule has 3 aromatic rings. The van der Waals surface area contributed by atoms with Crippen molar-refractivity contribution < 1.29 is 4.39 Å². The molecule has 0 radical (unpaired) electrons. The van der Waals surface area contributed by atoms with E-state index in [1.54, 1.807) is 24.3 Å². The summed E-state index contributed by atoms with van der Waals surface area (Å²) in [5.74, 6) is 0.247. The van der Waals surface area contributed by atoms with Crippen molar-refractivity contribution in [2.75, 3.05) is 36.0 Å². The molecule has 1 aliphatic rings. The van der Waals surface area contributed by atoms with Crippen molar-refractivity contribution >= 4 is 11.5 Å². The third-order valence-corrected chi connectivity index (χ3v) is 5.02. The lowest BCUT2D eigenvalue weighted by Crippen LogP contribution is -2.48. The minimum Gasteiger partial charge on any atom is -0.366 e. The van der Waals surface area contributed by atoms with Gasteiger partial charge in [0.25, 0.3) is 5.56 Å². The number of aromatic nitrogens is 2. The van der Waals surface area contributed by atoms with Gasteiger partial charge < -0.3 is 9.80 Å². The van der Waals surface area contributed by atoms with E-state index < -0.39 is 5.69 Å². The fourth-order valence-corrected chi connectivity index (χ4v) is 3.49. The molecule has 0 atom stereocenters. The van der Waals surface area contributed by atoms with E-state index in [1.807, 2.05) is 34.9 Å². The van der Waals surface area contributed by atoms with Crippen LogP contribution in [0.2, 0.25) is 0 Å². The molecule has 0 aliphatic carbocycles. The number of hydrogen-bond acceptors (Lipinski definition) is 4. The summed E-state index contributed by atoms with van der Waals surface area (Å²) in [6.45, 7) is 4.31. The van der Waals surface area contributed by atoms with Crippen molar-refractivity contribution in [3.8, 4) is 5.69 Å². The van der Waals surface area contributed by atoms with Crippen LogP contribution in [0.25, 0.3) is 5.69 Å². The number of nitrogens with one attached hydrogen (secondary N) is 1. The first-order chi connectivity index (χ1) is 13.5. The van der Waals surface area contributed by atoms with Gasteiger partial charge in [-0.1, -0.05) is 29.8 Å². The van der Waals surface area contributed by atoms with Crippen LogP contribution in [0.15, 0.2) is 64.2 Å². The zero-order valence-corrected chi connectivity index (χ0v) is 15.6. The van der Waals surface area contributed by atoms with Crippen molar-refractivity contribution in [3.63, 3.8) is 0 Å². The van der Waals surface area contributed by atoms with Gasteiger partial charge in [0.15, 0.2) is 0 Å².